The van der Waals surface area contributed by atoms with E-state index < -0.39 is 4.92 Å². The molecule has 0 saturated heterocycles. The highest BCUT2D eigenvalue weighted by Crippen LogP contribution is 2.26. The molecule has 0 aromatic heterocycles. The number of nitrogens with one attached hydrogen (secondary N) is 1. The Hall–Kier alpha value is -1.91. The molecule has 1 rings (SSSR count). The SMILES string of the molecule is CC(=O)Nc1cc(C)c([N+](=O)[O-])c(C)c1. The minimum Gasteiger partial charge on any atom is -0.326 e. The van der Waals surface area contributed by atoms with Crippen LogP contribution in [-0.4, -0.2) is 10.8 Å². The van der Waals surface area contributed by atoms with E-state index in [0.29, 0.717) is 16.8 Å². The molecule has 0 atom stereocenters. The maximum absolute atomic E-state index is 10.8. The van der Waals surface area contributed by atoms with E-state index in [1.165, 1.54) is 6.92 Å². The molecule has 1 aromatic rings. The lowest BCUT2D eigenvalue weighted by atomic mass is 10.1. The first-order valence-electron chi connectivity index (χ1n) is 4.45. The van der Waals surface area contributed by atoms with Crippen molar-refractivity contribution in [2.24, 2.45) is 0 Å². The van der Waals surface area contributed by atoms with Crippen LogP contribution >= 0.6 is 0 Å². The summed E-state index contributed by atoms with van der Waals surface area (Å²) >= 11 is 0. The first-order chi connectivity index (χ1) is 6.91. The van der Waals surface area contributed by atoms with Crippen LogP contribution in [-0.2, 0) is 4.79 Å². The first kappa shape index (κ1) is 11.2. The average molecular weight is 208 g/mol. The van der Waals surface area contributed by atoms with Crippen LogP contribution in [0.15, 0.2) is 12.1 Å². The highest BCUT2D eigenvalue weighted by molar-refractivity contribution is 5.89. The first-order valence-corrected chi connectivity index (χ1v) is 4.45. The maximum atomic E-state index is 10.8. The van der Waals surface area contributed by atoms with Crippen molar-refractivity contribution < 1.29 is 9.72 Å². The molecule has 0 aliphatic carbocycles. The molecule has 1 N–H and O–H groups in total. The topological polar surface area (TPSA) is 72.2 Å². The Labute approximate surface area is 87.3 Å². The Kier molecular flexibility index (Phi) is 3.04. The van der Waals surface area contributed by atoms with Gasteiger partial charge < -0.3 is 5.32 Å². The van der Waals surface area contributed by atoms with Gasteiger partial charge in [0.1, 0.15) is 0 Å². The molecule has 0 radical (unpaired) electrons. The number of nitro benzene ring substituents is 1. The van der Waals surface area contributed by atoms with Crippen LogP contribution in [0, 0.1) is 24.0 Å². The van der Waals surface area contributed by atoms with Crippen molar-refractivity contribution in [1.29, 1.82) is 0 Å². The summed E-state index contributed by atoms with van der Waals surface area (Å²) in [7, 11) is 0. The van der Waals surface area contributed by atoms with Crippen molar-refractivity contribution in [3.8, 4) is 0 Å². The van der Waals surface area contributed by atoms with Crippen LogP contribution in [0.2, 0.25) is 0 Å². The number of nitrogens with zero attached hydrogens (tertiary/aromatic N) is 1. The van der Waals surface area contributed by atoms with Crippen molar-refractivity contribution in [3.63, 3.8) is 0 Å². The molecular formula is C10H12N2O3. The molecule has 0 saturated carbocycles. The van der Waals surface area contributed by atoms with E-state index in [4.69, 9.17) is 0 Å². The fraction of sp³-hybridized carbons (Fsp3) is 0.300. The van der Waals surface area contributed by atoms with Crippen LogP contribution in [0.25, 0.3) is 0 Å². The van der Waals surface area contributed by atoms with Gasteiger partial charge in [0, 0.05) is 23.7 Å². The van der Waals surface area contributed by atoms with E-state index in [1.807, 2.05) is 0 Å². The molecule has 80 valence electrons. The van der Waals surface area contributed by atoms with E-state index in [2.05, 4.69) is 5.32 Å². The second-order valence-electron chi connectivity index (χ2n) is 3.40. The summed E-state index contributed by atoms with van der Waals surface area (Å²) in [6.07, 6.45) is 0. The molecule has 0 heterocycles. The number of benzene rings is 1. The van der Waals surface area contributed by atoms with Crippen LogP contribution in [0.5, 0.6) is 0 Å². The number of carbonyl (C=O) groups excluding carboxylic acids is 1. The summed E-state index contributed by atoms with van der Waals surface area (Å²) in [5, 5.41) is 13.3. The Bertz CT molecular complexity index is 404. The third-order valence-corrected chi connectivity index (χ3v) is 1.99. The standard InChI is InChI=1S/C10H12N2O3/c1-6-4-9(11-8(3)13)5-7(2)10(6)12(14)15/h4-5H,1-3H3,(H,11,13). The lowest BCUT2D eigenvalue weighted by Crippen LogP contribution is -2.07. The fourth-order valence-corrected chi connectivity index (χ4v) is 1.52. The number of anilines is 1. The Morgan fingerprint density at radius 1 is 1.33 bits per heavy atom. The van der Waals surface area contributed by atoms with E-state index in [9.17, 15) is 14.9 Å². The van der Waals surface area contributed by atoms with Gasteiger partial charge in [0.2, 0.25) is 5.91 Å². The zero-order chi connectivity index (χ0) is 11.6. The predicted octanol–water partition coefficient (Wildman–Crippen LogP) is 2.17. The quantitative estimate of drug-likeness (QED) is 0.598. The Morgan fingerprint density at radius 2 is 1.80 bits per heavy atom. The van der Waals surface area contributed by atoms with Gasteiger partial charge in [0.15, 0.2) is 0 Å². The molecule has 0 spiro atoms. The van der Waals surface area contributed by atoms with E-state index in [1.54, 1.807) is 26.0 Å². The van der Waals surface area contributed by atoms with E-state index in [0.717, 1.165) is 0 Å². The lowest BCUT2D eigenvalue weighted by molar-refractivity contribution is -0.386. The monoisotopic (exact) mass is 208 g/mol. The summed E-state index contributed by atoms with van der Waals surface area (Å²) in [5.41, 5.74) is 1.78. The lowest BCUT2D eigenvalue weighted by Gasteiger charge is -2.06. The molecule has 0 aliphatic rings. The van der Waals surface area contributed by atoms with Crippen molar-refractivity contribution in [2.45, 2.75) is 20.8 Å². The van der Waals surface area contributed by atoms with Crippen LogP contribution in [0.1, 0.15) is 18.1 Å². The summed E-state index contributed by atoms with van der Waals surface area (Å²) in [6, 6.07) is 3.18. The van der Waals surface area contributed by atoms with Crippen LogP contribution in [0.4, 0.5) is 11.4 Å². The van der Waals surface area contributed by atoms with Gasteiger partial charge in [-0.1, -0.05) is 0 Å². The number of hydrogen-bond donors (Lipinski definition) is 1. The summed E-state index contributed by atoms with van der Waals surface area (Å²) < 4.78 is 0. The van der Waals surface area contributed by atoms with E-state index in [-0.39, 0.29) is 11.6 Å². The van der Waals surface area contributed by atoms with Gasteiger partial charge in [-0.3, -0.25) is 14.9 Å². The van der Waals surface area contributed by atoms with Gasteiger partial charge in [0.05, 0.1) is 4.92 Å². The molecule has 1 aromatic carbocycles. The second kappa shape index (κ2) is 4.08. The van der Waals surface area contributed by atoms with Crippen molar-refractivity contribution >= 4 is 17.3 Å². The zero-order valence-electron chi connectivity index (χ0n) is 8.83. The predicted molar refractivity (Wildman–Crippen MR) is 56.9 cm³/mol. The third-order valence-electron chi connectivity index (χ3n) is 1.99. The van der Waals surface area contributed by atoms with Crippen molar-refractivity contribution in [3.05, 3.63) is 33.4 Å². The highest BCUT2D eigenvalue weighted by atomic mass is 16.6. The van der Waals surface area contributed by atoms with Crippen molar-refractivity contribution in [1.82, 2.24) is 0 Å². The molecule has 15 heavy (non-hydrogen) atoms. The smallest absolute Gasteiger partial charge is 0.275 e. The van der Waals surface area contributed by atoms with Gasteiger partial charge in [-0.25, -0.2) is 0 Å². The minimum atomic E-state index is -0.414. The molecule has 5 nitrogen and oxygen atoms in total. The van der Waals surface area contributed by atoms with Gasteiger partial charge in [0.25, 0.3) is 5.69 Å². The van der Waals surface area contributed by atoms with Gasteiger partial charge >= 0.3 is 0 Å². The molecule has 0 fully saturated rings. The second-order valence-corrected chi connectivity index (χ2v) is 3.40. The molecule has 5 heteroatoms. The Balaban J connectivity index is 3.19. The number of amides is 1. The molecule has 0 aliphatic heterocycles. The zero-order valence-corrected chi connectivity index (χ0v) is 8.83. The molecule has 1 amide bonds. The Morgan fingerprint density at radius 3 is 2.13 bits per heavy atom. The number of rotatable bonds is 2. The molecule has 0 bridgehead atoms. The molecular weight excluding hydrogens is 196 g/mol. The largest absolute Gasteiger partial charge is 0.326 e. The maximum Gasteiger partial charge on any atom is 0.275 e. The molecule has 0 unspecified atom stereocenters. The summed E-state index contributed by atoms with van der Waals surface area (Å²) in [5.74, 6) is -0.192. The number of nitro groups is 1. The van der Waals surface area contributed by atoms with Crippen LogP contribution < -0.4 is 5.32 Å². The highest BCUT2D eigenvalue weighted by Gasteiger charge is 2.15. The third kappa shape index (κ3) is 2.52. The number of hydrogen-bond acceptors (Lipinski definition) is 3. The fourth-order valence-electron chi connectivity index (χ4n) is 1.52. The number of carbonyl (C=O) groups is 1. The van der Waals surface area contributed by atoms with E-state index >= 15 is 0 Å². The minimum absolute atomic E-state index is 0.101. The van der Waals surface area contributed by atoms with Crippen molar-refractivity contribution in [2.75, 3.05) is 5.32 Å². The van der Waals surface area contributed by atoms with Crippen LogP contribution in [0.3, 0.4) is 0 Å². The number of aryl methyl sites for hydroxylation is 2. The van der Waals surface area contributed by atoms with Gasteiger partial charge in [-0.15, -0.1) is 0 Å². The normalized spacial score (nSPS) is 9.80. The summed E-state index contributed by atoms with van der Waals surface area (Å²) in [6.45, 7) is 4.69. The average Bonchev–Trinajstić information content (AvgIpc) is 1.99. The van der Waals surface area contributed by atoms with Gasteiger partial charge in [-0.2, -0.15) is 0 Å². The van der Waals surface area contributed by atoms with Gasteiger partial charge in [-0.05, 0) is 26.0 Å². The summed E-state index contributed by atoms with van der Waals surface area (Å²) in [4.78, 5) is 21.1.